The van der Waals surface area contributed by atoms with Gasteiger partial charge in [0.25, 0.3) is 0 Å². The third kappa shape index (κ3) is 1.15. The van der Waals surface area contributed by atoms with Gasteiger partial charge in [-0.1, -0.05) is 12.8 Å². The van der Waals surface area contributed by atoms with Crippen molar-refractivity contribution in [1.29, 1.82) is 0 Å². The van der Waals surface area contributed by atoms with Crippen molar-refractivity contribution in [2.75, 3.05) is 0 Å². The molecule has 0 aliphatic heterocycles. The molecule has 2 aliphatic carbocycles. The topological polar surface area (TPSA) is 37.3 Å². The van der Waals surface area contributed by atoms with Crippen LogP contribution in [0.1, 0.15) is 32.1 Å². The largest absolute Gasteiger partial charge is 0.481 e. The van der Waals surface area contributed by atoms with Crippen LogP contribution in [-0.4, -0.2) is 11.1 Å². The number of hydrogen-bond donors (Lipinski definition) is 1. The molecule has 2 nitrogen and oxygen atoms in total. The maximum absolute atomic E-state index is 10.7. The number of carbonyl (C=O) groups is 1. The summed E-state index contributed by atoms with van der Waals surface area (Å²) < 4.78 is 0. The Morgan fingerprint density at radius 2 is 2.09 bits per heavy atom. The van der Waals surface area contributed by atoms with Crippen molar-refractivity contribution in [3.8, 4) is 0 Å². The lowest BCUT2D eigenvalue weighted by molar-refractivity contribution is -0.142. The predicted molar refractivity (Wildman–Crippen MR) is 41.2 cm³/mol. The second-order valence-corrected chi connectivity index (χ2v) is 3.97. The fourth-order valence-electron chi connectivity index (χ4n) is 2.77. The predicted octanol–water partition coefficient (Wildman–Crippen LogP) is 1.90. The number of fused-ring (bicyclic) bond motifs is 2. The Morgan fingerprint density at radius 3 is 2.73 bits per heavy atom. The summed E-state index contributed by atoms with van der Waals surface area (Å²) >= 11 is 0. The Balaban J connectivity index is 2.08. The lowest BCUT2D eigenvalue weighted by atomic mass is 9.87. The highest BCUT2D eigenvalue weighted by Gasteiger charge is 2.40. The first-order chi connectivity index (χ1) is 5.27. The van der Waals surface area contributed by atoms with Crippen LogP contribution in [-0.2, 0) is 4.79 Å². The van der Waals surface area contributed by atoms with Gasteiger partial charge in [0.05, 0.1) is 5.92 Å². The molecule has 0 spiro atoms. The van der Waals surface area contributed by atoms with Crippen LogP contribution in [0.2, 0.25) is 0 Å². The molecule has 0 radical (unpaired) electrons. The van der Waals surface area contributed by atoms with E-state index in [2.05, 4.69) is 0 Å². The molecule has 0 unspecified atom stereocenters. The van der Waals surface area contributed by atoms with Gasteiger partial charge in [-0.3, -0.25) is 4.79 Å². The molecule has 0 aromatic heterocycles. The van der Waals surface area contributed by atoms with Crippen molar-refractivity contribution < 1.29 is 9.90 Å². The highest BCUT2D eigenvalue weighted by molar-refractivity contribution is 5.70. The molecule has 2 bridgehead atoms. The van der Waals surface area contributed by atoms with Gasteiger partial charge in [0.2, 0.25) is 0 Å². The fraction of sp³-hybridized carbons (Fsp3) is 0.889. The number of carboxylic acid groups (broad SMARTS) is 1. The molecule has 1 N–H and O–H groups in total. The van der Waals surface area contributed by atoms with E-state index < -0.39 is 5.97 Å². The van der Waals surface area contributed by atoms with Crippen LogP contribution in [0.3, 0.4) is 0 Å². The van der Waals surface area contributed by atoms with Gasteiger partial charge in [-0.2, -0.15) is 0 Å². The van der Waals surface area contributed by atoms with Gasteiger partial charge in [-0.15, -0.1) is 0 Å². The Kier molecular flexibility index (Phi) is 1.63. The van der Waals surface area contributed by atoms with E-state index in [1.54, 1.807) is 0 Å². The van der Waals surface area contributed by atoms with E-state index in [0.717, 1.165) is 18.8 Å². The zero-order chi connectivity index (χ0) is 7.84. The summed E-state index contributed by atoms with van der Waals surface area (Å²) in [5.41, 5.74) is 0. The molecule has 2 rings (SSSR count). The second-order valence-electron chi connectivity index (χ2n) is 3.97. The Morgan fingerprint density at radius 1 is 1.27 bits per heavy atom. The summed E-state index contributed by atoms with van der Waals surface area (Å²) in [4.78, 5) is 10.7. The van der Waals surface area contributed by atoms with E-state index in [4.69, 9.17) is 5.11 Å². The van der Waals surface area contributed by atoms with E-state index in [0.29, 0.717) is 5.92 Å². The van der Waals surface area contributed by atoms with Gasteiger partial charge >= 0.3 is 5.97 Å². The van der Waals surface area contributed by atoms with Crippen LogP contribution in [0.25, 0.3) is 0 Å². The molecule has 0 amide bonds. The van der Waals surface area contributed by atoms with E-state index in [1.807, 2.05) is 0 Å². The fourth-order valence-corrected chi connectivity index (χ4v) is 2.77. The summed E-state index contributed by atoms with van der Waals surface area (Å²) in [5.74, 6) is 0.711. The summed E-state index contributed by atoms with van der Waals surface area (Å²) in [7, 11) is 0. The molecule has 62 valence electrons. The minimum Gasteiger partial charge on any atom is -0.481 e. The third-order valence-electron chi connectivity index (χ3n) is 3.30. The first-order valence-electron chi connectivity index (χ1n) is 4.50. The number of carboxylic acids is 1. The summed E-state index contributed by atoms with van der Waals surface area (Å²) in [5, 5.41) is 8.86. The van der Waals surface area contributed by atoms with Crippen molar-refractivity contribution in [1.82, 2.24) is 0 Å². The van der Waals surface area contributed by atoms with Gasteiger partial charge in [-0.25, -0.2) is 0 Å². The Bertz CT molecular complexity index is 176. The van der Waals surface area contributed by atoms with Crippen molar-refractivity contribution in [3.05, 3.63) is 0 Å². The number of rotatable bonds is 1. The van der Waals surface area contributed by atoms with E-state index in [-0.39, 0.29) is 5.92 Å². The summed E-state index contributed by atoms with van der Waals surface area (Å²) in [6.45, 7) is 0. The summed E-state index contributed by atoms with van der Waals surface area (Å²) in [6, 6.07) is 0. The average molecular weight is 154 g/mol. The van der Waals surface area contributed by atoms with Gasteiger partial charge in [0, 0.05) is 0 Å². The molecular weight excluding hydrogens is 140 g/mol. The van der Waals surface area contributed by atoms with Crippen molar-refractivity contribution in [2.45, 2.75) is 32.1 Å². The standard InChI is InChI=1S/C9H14O2/c10-9(11)8-5-6-2-1-3-7(8)4-6/h6-8H,1-5H2,(H,10,11)/t6-,7+,8-/m1/s1. The van der Waals surface area contributed by atoms with Crippen LogP contribution in [0, 0.1) is 17.8 Å². The maximum Gasteiger partial charge on any atom is 0.306 e. The Labute approximate surface area is 66.6 Å². The second kappa shape index (κ2) is 2.50. The summed E-state index contributed by atoms with van der Waals surface area (Å²) in [6.07, 6.45) is 5.85. The highest BCUT2D eigenvalue weighted by atomic mass is 16.4. The zero-order valence-electron chi connectivity index (χ0n) is 6.62. The molecule has 2 fully saturated rings. The number of hydrogen-bond acceptors (Lipinski definition) is 1. The number of aliphatic carboxylic acids is 1. The maximum atomic E-state index is 10.7. The molecule has 2 saturated carbocycles. The van der Waals surface area contributed by atoms with Crippen molar-refractivity contribution >= 4 is 5.97 Å². The monoisotopic (exact) mass is 154 g/mol. The molecule has 11 heavy (non-hydrogen) atoms. The Hall–Kier alpha value is -0.530. The SMILES string of the molecule is O=C(O)[C@@H]1C[C@@H]2CCC[C@H]1C2. The van der Waals surface area contributed by atoms with E-state index in [1.165, 1.54) is 19.3 Å². The lowest BCUT2D eigenvalue weighted by Gasteiger charge is -2.18. The molecule has 0 aromatic carbocycles. The molecule has 3 atom stereocenters. The molecule has 2 aliphatic rings. The quantitative estimate of drug-likeness (QED) is 0.626. The molecule has 0 aromatic rings. The van der Waals surface area contributed by atoms with E-state index >= 15 is 0 Å². The third-order valence-corrected chi connectivity index (χ3v) is 3.30. The van der Waals surface area contributed by atoms with Crippen LogP contribution >= 0.6 is 0 Å². The highest BCUT2D eigenvalue weighted by Crippen LogP contribution is 2.45. The van der Waals surface area contributed by atoms with Crippen LogP contribution < -0.4 is 0 Å². The zero-order valence-corrected chi connectivity index (χ0v) is 6.62. The molecular formula is C9H14O2. The molecule has 2 heteroatoms. The first kappa shape index (κ1) is 7.14. The van der Waals surface area contributed by atoms with Crippen molar-refractivity contribution in [2.24, 2.45) is 17.8 Å². The van der Waals surface area contributed by atoms with Gasteiger partial charge < -0.3 is 5.11 Å². The normalized spacial score (nSPS) is 42.4. The smallest absolute Gasteiger partial charge is 0.306 e. The van der Waals surface area contributed by atoms with E-state index in [9.17, 15) is 4.79 Å². The minimum atomic E-state index is -0.556. The average Bonchev–Trinajstić information content (AvgIpc) is 2.27. The lowest BCUT2D eigenvalue weighted by Crippen LogP contribution is -2.17. The van der Waals surface area contributed by atoms with Crippen LogP contribution in [0.4, 0.5) is 0 Å². The van der Waals surface area contributed by atoms with Crippen LogP contribution in [0.5, 0.6) is 0 Å². The van der Waals surface area contributed by atoms with Gasteiger partial charge in [-0.05, 0) is 31.1 Å². The first-order valence-corrected chi connectivity index (χ1v) is 4.50. The molecule has 0 heterocycles. The minimum absolute atomic E-state index is 0.00231. The van der Waals surface area contributed by atoms with Crippen molar-refractivity contribution in [3.63, 3.8) is 0 Å². The van der Waals surface area contributed by atoms with Crippen LogP contribution in [0.15, 0.2) is 0 Å². The van der Waals surface area contributed by atoms with Gasteiger partial charge in [0.1, 0.15) is 0 Å². The van der Waals surface area contributed by atoms with Gasteiger partial charge in [0.15, 0.2) is 0 Å². The molecule has 0 saturated heterocycles.